The Hall–Kier alpha value is -3.10. The van der Waals surface area contributed by atoms with Crippen molar-refractivity contribution in [1.82, 2.24) is 9.88 Å². The third-order valence-electron chi connectivity index (χ3n) is 7.17. The van der Waals surface area contributed by atoms with Gasteiger partial charge in [-0.1, -0.05) is 12.2 Å². The zero-order chi connectivity index (χ0) is 21.9. The van der Waals surface area contributed by atoms with E-state index in [4.69, 9.17) is 23.7 Å². The minimum Gasteiger partial charge on any atom is -0.492 e. The monoisotopic (exact) mass is 436 g/mol. The predicted molar refractivity (Wildman–Crippen MR) is 113 cm³/mol. The number of hydrogen-bond donors (Lipinski definition) is 0. The van der Waals surface area contributed by atoms with Crippen LogP contribution < -0.4 is 14.2 Å². The van der Waals surface area contributed by atoms with Crippen molar-refractivity contribution in [2.45, 2.75) is 36.6 Å². The van der Waals surface area contributed by atoms with Crippen molar-refractivity contribution in [1.29, 1.82) is 0 Å². The Labute approximate surface area is 185 Å². The van der Waals surface area contributed by atoms with Gasteiger partial charge in [0.15, 0.2) is 11.5 Å². The molecule has 32 heavy (non-hydrogen) atoms. The number of benzene rings is 1. The molecule has 166 valence electrons. The van der Waals surface area contributed by atoms with Crippen LogP contribution in [-0.2, 0) is 21.4 Å². The smallest absolute Gasteiger partial charge is 0.340 e. The van der Waals surface area contributed by atoms with Crippen LogP contribution >= 0.6 is 0 Å². The van der Waals surface area contributed by atoms with E-state index in [1.165, 1.54) is 6.20 Å². The van der Waals surface area contributed by atoms with Crippen molar-refractivity contribution >= 4 is 5.97 Å². The van der Waals surface area contributed by atoms with Gasteiger partial charge in [-0.3, -0.25) is 9.88 Å². The fourth-order valence-electron chi connectivity index (χ4n) is 5.76. The largest absolute Gasteiger partial charge is 0.492 e. The maximum Gasteiger partial charge on any atom is 0.340 e. The number of carbonyl (C=O) groups is 1. The summed E-state index contributed by atoms with van der Waals surface area (Å²) in [6, 6.07) is 5.62. The molecule has 8 heteroatoms. The molecule has 2 aromatic rings. The maximum absolute atomic E-state index is 13.0. The van der Waals surface area contributed by atoms with Crippen LogP contribution in [-0.4, -0.2) is 61.7 Å². The standard InChI is InChI=1S/C24H24N2O6/c1-28-15-5-6-24-17-9-18-22(31-13-30-18)21(29-2)16(17)11-26(19(24)8-15)12-20(24)32-23(27)14-4-3-7-25-10-14/h3-7,9-10,15,19-20H,8,11-13H2,1-2H3/t15-,19+,20-,24+/m0/s1. The summed E-state index contributed by atoms with van der Waals surface area (Å²) in [7, 11) is 3.37. The molecule has 3 aliphatic heterocycles. The van der Waals surface area contributed by atoms with E-state index in [1.807, 2.05) is 6.07 Å². The Bertz CT molecular complexity index is 1100. The van der Waals surface area contributed by atoms with Gasteiger partial charge >= 0.3 is 5.97 Å². The number of nitrogens with zero attached hydrogens (tertiary/aromatic N) is 2. The molecular weight excluding hydrogens is 412 g/mol. The van der Waals surface area contributed by atoms with Gasteiger partial charge in [0.05, 0.1) is 24.2 Å². The molecule has 0 radical (unpaired) electrons. The fourth-order valence-corrected chi connectivity index (χ4v) is 5.76. The second-order valence-corrected chi connectivity index (χ2v) is 8.55. The molecule has 5 atom stereocenters. The minimum absolute atomic E-state index is 0.0147. The molecule has 1 aromatic heterocycles. The Morgan fingerprint density at radius 1 is 1.31 bits per heavy atom. The lowest BCUT2D eigenvalue weighted by molar-refractivity contribution is 0.0187. The second-order valence-electron chi connectivity index (χ2n) is 8.55. The van der Waals surface area contributed by atoms with Crippen LogP contribution in [0.15, 0.2) is 42.7 Å². The lowest BCUT2D eigenvalue weighted by Gasteiger charge is -2.46. The van der Waals surface area contributed by atoms with E-state index in [9.17, 15) is 4.79 Å². The van der Waals surface area contributed by atoms with Crippen molar-refractivity contribution in [2.24, 2.45) is 0 Å². The van der Waals surface area contributed by atoms with Gasteiger partial charge in [0.25, 0.3) is 0 Å². The maximum atomic E-state index is 13.0. The van der Waals surface area contributed by atoms with Gasteiger partial charge in [-0.25, -0.2) is 4.79 Å². The molecule has 1 aromatic carbocycles. The zero-order valence-corrected chi connectivity index (χ0v) is 17.9. The number of esters is 1. The highest BCUT2D eigenvalue weighted by Gasteiger charge is 2.61. The third-order valence-corrected chi connectivity index (χ3v) is 7.17. The summed E-state index contributed by atoms with van der Waals surface area (Å²) >= 11 is 0. The fraction of sp³-hybridized carbons (Fsp3) is 0.417. The lowest BCUT2D eigenvalue weighted by atomic mass is 9.65. The first-order valence-electron chi connectivity index (χ1n) is 10.7. The zero-order valence-electron chi connectivity index (χ0n) is 17.9. The summed E-state index contributed by atoms with van der Waals surface area (Å²) in [5, 5.41) is 0. The molecule has 0 spiro atoms. The van der Waals surface area contributed by atoms with Crippen molar-refractivity contribution in [2.75, 3.05) is 27.6 Å². The molecule has 4 heterocycles. The van der Waals surface area contributed by atoms with Crippen LogP contribution in [0, 0.1) is 0 Å². The summed E-state index contributed by atoms with van der Waals surface area (Å²) < 4.78 is 29.0. The first-order valence-corrected chi connectivity index (χ1v) is 10.7. The molecule has 1 fully saturated rings. The SMILES string of the molecule is COc1c2c(cc3c1OCO3)[C@]13C=C[C@H](OC)C[C@H]1N(C2)C[C@@H]3OC(=O)c1cccnc1. The third kappa shape index (κ3) is 2.63. The molecular formula is C24H24N2O6. The summed E-state index contributed by atoms with van der Waals surface area (Å²) in [5.74, 6) is 1.62. The quantitative estimate of drug-likeness (QED) is 0.534. The van der Waals surface area contributed by atoms with Crippen LogP contribution in [0.25, 0.3) is 0 Å². The minimum atomic E-state index is -0.533. The Morgan fingerprint density at radius 3 is 3.00 bits per heavy atom. The van der Waals surface area contributed by atoms with E-state index in [0.29, 0.717) is 35.9 Å². The summed E-state index contributed by atoms with van der Waals surface area (Å²) in [5.41, 5.74) is 2.02. The number of methoxy groups -OCH3 is 2. The van der Waals surface area contributed by atoms with Crippen LogP contribution in [0.4, 0.5) is 0 Å². The highest BCUT2D eigenvalue weighted by Crippen LogP contribution is 2.57. The average molecular weight is 436 g/mol. The number of ether oxygens (including phenoxy) is 5. The first-order chi connectivity index (χ1) is 15.7. The summed E-state index contributed by atoms with van der Waals surface area (Å²) in [4.78, 5) is 19.4. The predicted octanol–water partition coefficient (Wildman–Crippen LogP) is 2.46. The molecule has 1 aliphatic carbocycles. The second kappa shape index (κ2) is 7.21. The van der Waals surface area contributed by atoms with E-state index >= 15 is 0 Å². The molecule has 1 unspecified atom stereocenters. The van der Waals surface area contributed by atoms with Crippen molar-refractivity contribution < 1.29 is 28.5 Å². The number of aromatic nitrogens is 1. The van der Waals surface area contributed by atoms with Gasteiger partial charge in [-0.2, -0.15) is 0 Å². The van der Waals surface area contributed by atoms with Gasteiger partial charge < -0.3 is 23.7 Å². The van der Waals surface area contributed by atoms with Gasteiger partial charge in [0.2, 0.25) is 12.5 Å². The normalized spacial score (nSPS) is 31.1. The Balaban J connectivity index is 1.49. The highest BCUT2D eigenvalue weighted by atomic mass is 16.7. The molecule has 6 rings (SSSR count). The van der Waals surface area contributed by atoms with Crippen LogP contribution in [0.3, 0.4) is 0 Å². The molecule has 4 aliphatic rings. The summed E-state index contributed by atoms with van der Waals surface area (Å²) in [6.07, 6.45) is 7.87. The molecule has 1 saturated heterocycles. The number of pyridine rings is 1. The number of carbonyl (C=O) groups excluding carboxylic acids is 1. The van der Waals surface area contributed by atoms with E-state index in [1.54, 1.807) is 32.5 Å². The van der Waals surface area contributed by atoms with Crippen LogP contribution in [0.5, 0.6) is 17.2 Å². The molecule has 0 amide bonds. The number of rotatable bonds is 4. The van der Waals surface area contributed by atoms with Crippen molar-refractivity contribution in [3.8, 4) is 17.2 Å². The van der Waals surface area contributed by atoms with E-state index < -0.39 is 5.41 Å². The Kier molecular flexibility index (Phi) is 4.41. The lowest BCUT2D eigenvalue weighted by Crippen LogP contribution is -2.53. The van der Waals surface area contributed by atoms with Crippen LogP contribution in [0.2, 0.25) is 0 Å². The van der Waals surface area contributed by atoms with Gasteiger partial charge in [0, 0.05) is 44.2 Å². The van der Waals surface area contributed by atoms with Crippen molar-refractivity contribution in [3.63, 3.8) is 0 Å². The number of fused-ring (bicyclic) bond motifs is 2. The van der Waals surface area contributed by atoms with Crippen molar-refractivity contribution in [3.05, 3.63) is 59.4 Å². The van der Waals surface area contributed by atoms with E-state index in [-0.39, 0.29) is 31.0 Å². The average Bonchev–Trinajstić information content (AvgIpc) is 3.38. The topological polar surface area (TPSA) is 79.4 Å². The molecule has 0 saturated carbocycles. The van der Waals surface area contributed by atoms with Crippen LogP contribution in [0.1, 0.15) is 27.9 Å². The van der Waals surface area contributed by atoms with Gasteiger partial charge in [-0.15, -0.1) is 0 Å². The van der Waals surface area contributed by atoms with E-state index in [2.05, 4.69) is 22.0 Å². The Morgan fingerprint density at radius 2 is 2.22 bits per heavy atom. The molecule has 8 nitrogen and oxygen atoms in total. The van der Waals surface area contributed by atoms with Gasteiger partial charge in [0.1, 0.15) is 6.10 Å². The first kappa shape index (κ1) is 19.6. The number of hydrogen-bond acceptors (Lipinski definition) is 8. The molecule has 2 bridgehead atoms. The van der Waals surface area contributed by atoms with E-state index in [0.717, 1.165) is 17.5 Å². The summed E-state index contributed by atoms with van der Waals surface area (Å²) in [6.45, 7) is 1.45. The molecule has 0 N–H and O–H groups in total. The van der Waals surface area contributed by atoms with Gasteiger partial charge in [-0.05, 0) is 30.2 Å². The highest BCUT2D eigenvalue weighted by molar-refractivity contribution is 5.89.